The Bertz CT molecular complexity index is 593. The van der Waals surface area contributed by atoms with Gasteiger partial charge in [0, 0.05) is 12.8 Å². The van der Waals surface area contributed by atoms with Gasteiger partial charge in [0.15, 0.2) is 11.5 Å². The van der Waals surface area contributed by atoms with E-state index in [9.17, 15) is 0 Å². The number of hydrogen-bond donors (Lipinski definition) is 0. The molecule has 0 aliphatic rings. The first kappa shape index (κ1) is 39.6. The molecule has 0 aliphatic heterocycles. The fraction of sp³-hybridized carbons (Fsp3) is 0.882. The number of hydrogen-bond acceptors (Lipinski definition) is 7. The largest absolute Gasteiger partial charge is 0.497 e. The van der Waals surface area contributed by atoms with Crippen molar-refractivity contribution in [2.75, 3.05) is 41.7 Å². The highest BCUT2D eigenvalue weighted by molar-refractivity contribution is 5.08. The molecule has 0 bridgehead atoms. The predicted molar refractivity (Wildman–Crippen MR) is 168 cm³/mol. The lowest BCUT2D eigenvalue weighted by Crippen LogP contribution is -2.33. The van der Waals surface area contributed by atoms with E-state index < -0.39 is 12.6 Å². The first-order valence-corrected chi connectivity index (χ1v) is 16.6. The van der Waals surface area contributed by atoms with E-state index in [0.717, 1.165) is 51.4 Å². The Balaban J connectivity index is 5.76. The van der Waals surface area contributed by atoms with Crippen molar-refractivity contribution in [3.63, 3.8) is 0 Å². The highest BCUT2D eigenvalue weighted by Gasteiger charge is 2.31. The van der Waals surface area contributed by atoms with Crippen molar-refractivity contribution in [2.24, 2.45) is 0 Å². The van der Waals surface area contributed by atoms with Crippen molar-refractivity contribution < 1.29 is 33.2 Å². The van der Waals surface area contributed by atoms with Gasteiger partial charge in [0.05, 0.1) is 41.7 Å². The molecule has 0 radical (unpaired) electrons. The van der Waals surface area contributed by atoms with E-state index in [0.29, 0.717) is 36.3 Å². The highest BCUT2D eigenvalue weighted by Crippen LogP contribution is 2.26. The summed E-state index contributed by atoms with van der Waals surface area (Å²) in [6.45, 7) is 9.81. The molecular weight excluding hydrogens is 520 g/mol. The Kier molecular flexibility index (Phi) is 27.7. The van der Waals surface area contributed by atoms with Gasteiger partial charge in [-0.1, -0.05) is 105 Å². The molecule has 41 heavy (non-hydrogen) atoms. The Labute approximate surface area is 253 Å². The highest BCUT2D eigenvalue weighted by atomic mass is 16.8. The minimum Gasteiger partial charge on any atom is -0.497 e. The second kappa shape index (κ2) is 28.7. The van der Waals surface area contributed by atoms with Gasteiger partial charge >= 0.3 is 0 Å². The number of ether oxygens (including phenoxy) is 7. The molecule has 0 saturated heterocycles. The lowest BCUT2D eigenvalue weighted by atomic mass is 10.1. The van der Waals surface area contributed by atoms with Gasteiger partial charge in [-0.3, -0.25) is 0 Å². The molecule has 0 aliphatic carbocycles. The fourth-order valence-electron chi connectivity index (χ4n) is 4.75. The van der Waals surface area contributed by atoms with Crippen LogP contribution in [0, 0.1) is 0 Å². The first-order valence-electron chi connectivity index (χ1n) is 16.6. The maximum Gasteiger partial charge on any atom is 0.223 e. The Morgan fingerprint density at radius 2 is 0.756 bits per heavy atom. The van der Waals surface area contributed by atoms with E-state index in [1.54, 1.807) is 28.4 Å². The Morgan fingerprint density at radius 1 is 0.415 bits per heavy atom. The Morgan fingerprint density at radius 3 is 1.05 bits per heavy atom. The summed E-state index contributed by atoms with van der Waals surface area (Å²) in [5, 5.41) is 0. The molecule has 244 valence electrons. The molecule has 0 saturated carbocycles. The van der Waals surface area contributed by atoms with Crippen molar-refractivity contribution in [1.29, 1.82) is 0 Å². The number of rotatable bonds is 30. The maximum absolute atomic E-state index is 6.56. The van der Waals surface area contributed by atoms with Crippen LogP contribution in [0.4, 0.5) is 0 Å². The summed E-state index contributed by atoms with van der Waals surface area (Å²) < 4.78 is 42.4. The average Bonchev–Trinajstić information content (AvgIpc) is 2.98. The van der Waals surface area contributed by atoms with Crippen molar-refractivity contribution >= 4 is 0 Å². The lowest BCUT2D eigenvalue weighted by Gasteiger charge is -2.29. The molecule has 0 heterocycles. The summed E-state index contributed by atoms with van der Waals surface area (Å²) in [5.41, 5.74) is 0. The molecule has 2 atom stereocenters. The maximum atomic E-state index is 6.56. The molecule has 0 amide bonds. The van der Waals surface area contributed by atoms with Gasteiger partial charge in [0.25, 0.3) is 0 Å². The summed E-state index contributed by atoms with van der Waals surface area (Å²) in [6, 6.07) is 0. The molecule has 7 nitrogen and oxygen atoms in total. The van der Waals surface area contributed by atoms with Gasteiger partial charge in [0.2, 0.25) is 12.6 Å². The molecule has 0 aromatic heterocycles. The van der Waals surface area contributed by atoms with Crippen LogP contribution in [0.5, 0.6) is 0 Å². The van der Waals surface area contributed by atoms with Crippen molar-refractivity contribution in [1.82, 2.24) is 0 Å². The lowest BCUT2D eigenvalue weighted by molar-refractivity contribution is -0.240. The fourth-order valence-corrected chi connectivity index (χ4v) is 4.75. The normalized spacial score (nSPS) is 14.2. The zero-order valence-electron chi connectivity index (χ0n) is 28.2. The van der Waals surface area contributed by atoms with E-state index >= 15 is 0 Å². The van der Waals surface area contributed by atoms with Gasteiger partial charge in [-0.25, -0.2) is 0 Å². The van der Waals surface area contributed by atoms with Crippen LogP contribution < -0.4 is 0 Å². The summed E-state index contributed by atoms with van der Waals surface area (Å²) >= 11 is 0. The third-order valence-corrected chi connectivity index (χ3v) is 7.15. The van der Waals surface area contributed by atoms with Crippen molar-refractivity contribution in [2.45, 2.75) is 156 Å². The number of unbranched alkanes of at least 4 members (excludes halogenated alkanes) is 12. The quantitative estimate of drug-likeness (QED) is 0.0471. The van der Waals surface area contributed by atoms with E-state index in [-0.39, 0.29) is 0 Å². The molecule has 0 fully saturated rings. The van der Waals surface area contributed by atoms with Crippen LogP contribution in [0.1, 0.15) is 143 Å². The molecule has 0 spiro atoms. The van der Waals surface area contributed by atoms with Crippen LogP contribution in [0.15, 0.2) is 23.0 Å². The molecule has 2 unspecified atom stereocenters. The number of methoxy groups -OCH3 is 4. The van der Waals surface area contributed by atoms with Crippen LogP contribution in [0.2, 0.25) is 0 Å². The summed E-state index contributed by atoms with van der Waals surface area (Å²) in [6.07, 6.45) is 18.5. The van der Waals surface area contributed by atoms with Crippen molar-refractivity contribution in [3.8, 4) is 0 Å². The molecular formula is C34H66O7. The van der Waals surface area contributed by atoms with Gasteiger partial charge in [-0.15, -0.1) is 0 Å². The van der Waals surface area contributed by atoms with Crippen LogP contribution in [0.3, 0.4) is 0 Å². The molecule has 0 N–H and O–H groups in total. The second-order valence-electron chi connectivity index (χ2n) is 10.7. The Hall–Kier alpha value is -1.44. The van der Waals surface area contributed by atoms with Crippen LogP contribution >= 0.6 is 0 Å². The van der Waals surface area contributed by atoms with Crippen LogP contribution in [0.25, 0.3) is 0 Å². The monoisotopic (exact) mass is 586 g/mol. The predicted octanol–water partition coefficient (Wildman–Crippen LogP) is 9.80. The van der Waals surface area contributed by atoms with Gasteiger partial charge in [-0.2, -0.15) is 0 Å². The molecule has 7 heteroatoms. The van der Waals surface area contributed by atoms with E-state index in [1.807, 2.05) is 0 Å². The second-order valence-corrected chi connectivity index (χ2v) is 10.7. The first-order chi connectivity index (χ1) is 20.1. The topological polar surface area (TPSA) is 64.6 Å². The minimum absolute atomic E-state index is 0.534. The van der Waals surface area contributed by atoms with E-state index in [1.165, 1.54) is 64.2 Å². The summed E-state index contributed by atoms with van der Waals surface area (Å²) in [5.74, 6) is 2.50. The standard InChI is InChI=1S/C34H66O7/c1-9-13-15-17-19-21-23-27-39-33(31(37-7)29(35-5)25-11-3)41-34(32(38-8)30(36-6)26-12-4)40-28-24-22-20-18-16-14-10-2/h33-34H,9-28H2,1-8H3. The third-order valence-electron chi connectivity index (χ3n) is 7.15. The molecule has 0 aromatic rings. The third kappa shape index (κ3) is 18.7. The molecule has 0 rings (SSSR count). The zero-order valence-corrected chi connectivity index (χ0v) is 28.2. The smallest absolute Gasteiger partial charge is 0.223 e. The average molecular weight is 587 g/mol. The molecule has 0 aromatic carbocycles. The van der Waals surface area contributed by atoms with Gasteiger partial charge < -0.3 is 33.2 Å². The van der Waals surface area contributed by atoms with Crippen LogP contribution in [-0.2, 0) is 33.2 Å². The van der Waals surface area contributed by atoms with Gasteiger partial charge in [-0.05, 0) is 25.7 Å². The van der Waals surface area contributed by atoms with Crippen LogP contribution in [-0.4, -0.2) is 54.2 Å². The van der Waals surface area contributed by atoms with Crippen molar-refractivity contribution in [3.05, 3.63) is 23.0 Å². The SMILES string of the molecule is CCCCCCCCCOC(OC(OCCCCCCCCC)C(OC)=C(CCC)OC)C(OC)=C(CCC)OC. The minimum atomic E-state index is -0.800. The van der Waals surface area contributed by atoms with Gasteiger partial charge in [0.1, 0.15) is 11.5 Å². The zero-order chi connectivity index (χ0) is 30.6. The summed E-state index contributed by atoms with van der Waals surface area (Å²) in [7, 11) is 6.60. The van der Waals surface area contributed by atoms with E-state index in [2.05, 4.69) is 27.7 Å². The number of allylic oxidation sites excluding steroid dienone is 2. The summed E-state index contributed by atoms with van der Waals surface area (Å²) in [4.78, 5) is 0. The van der Waals surface area contributed by atoms with E-state index in [4.69, 9.17) is 33.2 Å².